The van der Waals surface area contributed by atoms with Crippen molar-refractivity contribution in [2.24, 2.45) is 0 Å². The maximum Gasteiger partial charge on any atom is 0.417 e. The van der Waals surface area contributed by atoms with E-state index in [-0.39, 0.29) is 6.61 Å². The van der Waals surface area contributed by atoms with Gasteiger partial charge in [-0.1, -0.05) is 12.1 Å². The first kappa shape index (κ1) is 18.9. The molecule has 1 heterocycles. The summed E-state index contributed by atoms with van der Waals surface area (Å²) in [6.07, 6.45) is -4.63. The van der Waals surface area contributed by atoms with Crippen LogP contribution in [-0.2, 0) is 17.5 Å². The van der Waals surface area contributed by atoms with Gasteiger partial charge in [0.2, 0.25) is 0 Å². The van der Waals surface area contributed by atoms with Gasteiger partial charge in [0, 0.05) is 10.9 Å². The van der Waals surface area contributed by atoms with E-state index in [4.69, 9.17) is 9.47 Å². The number of ether oxygens (including phenoxy) is 2. The zero-order valence-corrected chi connectivity index (χ0v) is 14.9. The molecule has 1 aromatic heterocycles. The van der Waals surface area contributed by atoms with Crippen LogP contribution in [0.25, 0.3) is 10.6 Å². The summed E-state index contributed by atoms with van der Waals surface area (Å²) in [6, 6.07) is 11.8. The Kier molecular flexibility index (Phi) is 5.46. The van der Waals surface area contributed by atoms with Crippen molar-refractivity contribution in [3.05, 3.63) is 70.7 Å². The molecule has 0 aliphatic heterocycles. The molecule has 0 unspecified atom stereocenters. The molecule has 0 saturated carbocycles. The van der Waals surface area contributed by atoms with E-state index in [1.807, 2.05) is 12.1 Å². The second kappa shape index (κ2) is 7.79. The first-order valence-corrected chi connectivity index (χ1v) is 8.68. The van der Waals surface area contributed by atoms with Crippen molar-refractivity contribution >= 4 is 17.3 Å². The van der Waals surface area contributed by atoms with Crippen LogP contribution in [0, 0.1) is 0 Å². The monoisotopic (exact) mass is 393 g/mol. The van der Waals surface area contributed by atoms with Crippen molar-refractivity contribution in [2.75, 3.05) is 7.11 Å². The summed E-state index contributed by atoms with van der Waals surface area (Å²) in [7, 11) is 1.57. The lowest BCUT2D eigenvalue weighted by molar-refractivity contribution is -0.138. The summed E-state index contributed by atoms with van der Waals surface area (Å²) in [5.74, 6) is -0.324. The predicted molar refractivity (Wildman–Crippen MR) is 94.7 cm³/mol. The molecule has 4 nitrogen and oxygen atoms in total. The van der Waals surface area contributed by atoms with E-state index in [1.54, 1.807) is 24.6 Å². The highest BCUT2D eigenvalue weighted by Crippen LogP contribution is 2.32. The fourth-order valence-corrected chi connectivity index (χ4v) is 3.18. The number of rotatable bonds is 5. The van der Waals surface area contributed by atoms with Crippen LogP contribution in [0.4, 0.5) is 13.2 Å². The zero-order chi connectivity index (χ0) is 19.4. The number of esters is 1. The molecule has 3 aromatic rings. The van der Waals surface area contributed by atoms with Gasteiger partial charge in [-0.3, -0.25) is 0 Å². The quantitative estimate of drug-likeness (QED) is 0.560. The molecule has 0 fully saturated rings. The molecule has 0 radical (unpaired) electrons. The van der Waals surface area contributed by atoms with E-state index in [2.05, 4.69) is 4.98 Å². The lowest BCUT2D eigenvalue weighted by Gasteiger charge is -2.11. The maximum atomic E-state index is 13.0. The third kappa shape index (κ3) is 4.46. The van der Waals surface area contributed by atoms with Crippen LogP contribution in [0.3, 0.4) is 0 Å². The van der Waals surface area contributed by atoms with Gasteiger partial charge >= 0.3 is 12.1 Å². The average molecular weight is 393 g/mol. The van der Waals surface area contributed by atoms with Gasteiger partial charge in [0.05, 0.1) is 23.9 Å². The number of alkyl halides is 3. The Labute approximate surface area is 157 Å². The second-order valence-electron chi connectivity index (χ2n) is 5.49. The fraction of sp³-hybridized carbons (Fsp3) is 0.158. The van der Waals surface area contributed by atoms with E-state index < -0.39 is 23.3 Å². The number of carbonyl (C=O) groups is 1. The van der Waals surface area contributed by atoms with Crippen LogP contribution >= 0.6 is 11.3 Å². The van der Waals surface area contributed by atoms with Crippen molar-refractivity contribution in [3.63, 3.8) is 0 Å². The van der Waals surface area contributed by atoms with Crippen LogP contribution in [0.2, 0.25) is 0 Å². The summed E-state index contributed by atoms with van der Waals surface area (Å²) in [5.41, 5.74) is -0.216. The normalized spacial score (nSPS) is 11.3. The molecule has 0 amide bonds. The highest BCUT2D eigenvalue weighted by atomic mass is 32.1. The summed E-state index contributed by atoms with van der Waals surface area (Å²) in [5, 5.41) is 2.40. The Morgan fingerprint density at radius 1 is 1.11 bits per heavy atom. The molecule has 0 spiro atoms. The topological polar surface area (TPSA) is 48.4 Å². The average Bonchev–Trinajstić information content (AvgIpc) is 3.14. The molecule has 0 atom stereocenters. The van der Waals surface area contributed by atoms with Crippen LogP contribution in [0.5, 0.6) is 5.75 Å². The van der Waals surface area contributed by atoms with Crippen molar-refractivity contribution in [3.8, 4) is 16.3 Å². The van der Waals surface area contributed by atoms with Gasteiger partial charge in [-0.2, -0.15) is 13.2 Å². The molecule has 0 aliphatic carbocycles. The Morgan fingerprint density at radius 3 is 2.48 bits per heavy atom. The maximum absolute atomic E-state index is 13.0. The molecule has 8 heteroatoms. The summed E-state index contributed by atoms with van der Waals surface area (Å²) >= 11 is 1.35. The van der Waals surface area contributed by atoms with E-state index >= 15 is 0 Å². The number of carbonyl (C=O) groups excluding carboxylic acids is 1. The largest absolute Gasteiger partial charge is 0.497 e. The molecular formula is C19H14F3NO3S. The third-order valence-corrected chi connectivity index (χ3v) is 4.63. The van der Waals surface area contributed by atoms with Crippen LogP contribution in [0.15, 0.2) is 53.9 Å². The molecule has 0 aliphatic rings. The van der Waals surface area contributed by atoms with E-state index in [0.29, 0.717) is 16.5 Å². The Bertz CT molecular complexity index is 936. The number of nitrogens with zero attached hydrogens (tertiary/aromatic N) is 1. The standard InChI is InChI=1S/C19H14F3NO3S/c1-25-14-8-6-12(7-9-14)17-23-13(11-27-17)10-26-18(24)15-4-2-3-5-16(15)19(20,21)22/h2-9,11H,10H2,1H3. The van der Waals surface area contributed by atoms with Gasteiger partial charge in [0.1, 0.15) is 17.4 Å². The fourth-order valence-electron chi connectivity index (χ4n) is 2.37. The van der Waals surface area contributed by atoms with E-state index in [9.17, 15) is 18.0 Å². The van der Waals surface area contributed by atoms with Crippen molar-refractivity contribution < 1.29 is 27.4 Å². The Hall–Kier alpha value is -2.87. The number of halogens is 3. The zero-order valence-electron chi connectivity index (χ0n) is 14.1. The highest BCUT2D eigenvalue weighted by Gasteiger charge is 2.35. The van der Waals surface area contributed by atoms with Gasteiger partial charge < -0.3 is 9.47 Å². The molecule has 140 valence electrons. The van der Waals surface area contributed by atoms with Crippen LogP contribution < -0.4 is 4.74 Å². The van der Waals surface area contributed by atoms with E-state index in [1.165, 1.54) is 23.5 Å². The van der Waals surface area contributed by atoms with Gasteiger partial charge in [-0.05, 0) is 36.4 Å². The third-order valence-electron chi connectivity index (χ3n) is 3.69. The minimum Gasteiger partial charge on any atom is -0.497 e. The Morgan fingerprint density at radius 2 is 1.81 bits per heavy atom. The van der Waals surface area contributed by atoms with Crippen molar-refractivity contribution in [1.29, 1.82) is 0 Å². The molecule has 2 aromatic carbocycles. The smallest absolute Gasteiger partial charge is 0.417 e. The molecule has 3 rings (SSSR count). The SMILES string of the molecule is COc1ccc(-c2nc(COC(=O)c3ccccc3C(F)(F)F)cs2)cc1. The first-order chi connectivity index (χ1) is 12.9. The molecular weight excluding hydrogens is 379 g/mol. The second-order valence-corrected chi connectivity index (χ2v) is 6.35. The molecule has 0 saturated heterocycles. The van der Waals surface area contributed by atoms with Gasteiger partial charge in [-0.25, -0.2) is 9.78 Å². The summed E-state index contributed by atoms with van der Waals surface area (Å²) in [6.45, 7) is -0.211. The highest BCUT2D eigenvalue weighted by molar-refractivity contribution is 7.13. The number of thiazole rings is 1. The molecule has 0 N–H and O–H groups in total. The number of benzene rings is 2. The molecule has 27 heavy (non-hydrogen) atoms. The minimum absolute atomic E-state index is 0.211. The van der Waals surface area contributed by atoms with Crippen LogP contribution in [-0.4, -0.2) is 18.1 Å². The van der Waals surface area contributed by atoms with Gasteiger partial charge in [0.15, 0.2) is 0 Å². The van der Waals surface area contributed by atoms with Crippen molar-refractivity contribution in [1.82, 2.24) is 4.98 Å². The van der Waals surface area contributed by atoms with Crippen molar-refractivity contribution in [2.45, 2.75) is 12.8 Å². The Balaban J connectivity index is 1.69. The van der Waals surface area contributed by atoms with E-state index in [0.717, 1.165) is 17.7 Å². The number of aromatic nitrogens is 1. The number of hydrogen-bond donors (Lipinski definition) is 0. The first-order valence-electron chi connectivity index (χ1n) is 7.80. The lowest BCUT2D eigenvalue weighted by Crippen LogP contribution is -2.15. The summed E-state index contributed by atoms with van der Waals surface area (Å²) < 4.78 is 49.1. The van der Waals surface area contributed by atoms with Gasteiger partial charge in [0.25, 0.3) is 0 Å². The number of methoxy groups -OCH3 is 1. The minimum atomic E-state index is -4.63. The predicted octanol–water partition coefficient (Wildman–Crippen LogP) is 5.19. The van der Waals surface area contributed by atoms with Gasteiger partial charge in [-0.15, -0.1) is 11.3 Å². The number of hydrogen-bond acceptors (Lipinski definition) is 5. The van der Waals surface area contributed by atoms with Crippen LogP contribution in [0.1, 0.15) is 21.6 Å². The lowest BCUT2D eigenvalue weighted by atomic mass is 10.1. The molecule has 0 bridgehead atoms. The summed E-state index contributed by atoms with van der Waals surface area (Å²) in [4.78, 5) is 16.4.